The average Bonchev–Trinajstić information content (AvgIpc) is 2.91. The van der Waals surface area contributed by atoms with Crippen molar-refractivity contribution in [3.8, 4) is 11.4 Å². The lowest BCUT2D eigenvalue weighted by atomic mass is 10.2. The van der Waals surface area contributed by atoms with Crippen LogP contribution >= 0.6 is 11.6 Å². The number of halogens is 1. The molecule has 2 aromatic carbocycles. The maximum absolute atomic E-state index is 6.03. The van der Waals surface area contributed by atoms with E-state index >= 15 is 0 Å². The van der Waals surface area contributed by atoms with Gasteiger partial charge in [-0.3, -0.25) is 0 Å². The number of nitrogens with zero attached hydrogens (tertiary/aromatic N) is 4. The van der Waals surface area contributed by atoms with Gasteiger partial charge in [-0.1, -0.05) is 48.0 Å². The third-order valence-corrected chi connectivity index (χ3v) is 3.47. The van der Waals surface area contributed by atoms with Gasteiger partial charge in [0.1, 0.15) is 0 Å². The lowest BCUT2D eigenvalue weighted by Crippen LogP contribution is -1.95. The van der Waals surface area contributed by atoms with Crippen LogP contribution < -0.4 is 0 Å². The fourth-order valence-electron chi connectivity index (χ4n) is 2.30. The second-order valence-electron chi connectivity index (χ2n) is 4.50. The molecule has 4 nitrogen and oxygen atoms in total. The minimum atomic E-state index is 0.667. The monoisotopic (exact) mass is 280 g/mol. The van der Waals surface area contributed by atoms with Gasteiger partial charge in [-0.2, -0.15) is 9.61 Å². The largest absolute Gasteiger partial charge is 0.192 e. The number of benzene rings is 2. The molecule has 2 heterocycles. The number of rotatable bonds is 1. The number of hydrogen-bond donors (Lipinski definition) is 0. The van der Waals surface area contributed by atoms with Crippen molar-refractivity contribution in [1.29, 1.82) is 0 Å². The molecule has 4 aromatic rings. The first-order valence-corrected chi connectivity index (χ1v) is 6.56. The molecule has 0 aliphatic heterocycles. The van der Waals surface area contributed by atoms with Gasteiger partial charge in [-0.05, 0) is 12.1 Å². The van der Waals surface area contributed by atoms with Crippen molar-refractivity contribution in [2.45, 2.75) is 0 Å². The SMILES string of the molecule is Clc1cccc(-c2nnc3c4ccccc4cnn23)c1. The van der Waals surface area contributed by atoms with Crippen molar-refractivity contribution in [1.82, 2.24) is 19.8 Å². The van der Waals surface area contributed by atoms with Crippen LogP contribution in [0, 0.1) is 0 Å². The summed E-state index contributed by atoms with van der Waals surface area (Å²) in [6, 6.07) is 15.5. The zero-order valence-electron chi connectivity index (χ0n) is 10.4. The standard InChI is InChI=1S/C15H9ClN4/c16-12-6-3-5-10(8-12)14-18-19-15-13-7-2-1-4-11(13)9-17-20(14)15/h1-9H. The topological polar surface area (TPSA) is 43.1 Å². The fourth-order valence-corrected chi connectivity index (χ4v) is 2.49. The Balaban J connectivity index is 2.05. The molecule has 0 radical (unpaired) electrons. The van der Waals surface area contributed by atoms with Crippen LogP contribution in [0.4, 0.5) is 0 Å². The molecule has 0 unspecified atom stereocenters. The molecule has 0 bridgehead atoms. The predicted molar refractivity (Wildman–Crippen MR) is 78.7 cm³/mol. The van der Waals surface area contributed by atoms with E-state index in [2.05, 4.69) is 15.3 Å². The van der Waals surface area contributed by atoms with E-state index in [1.54, 1.807) is 4.52 Å². The minimum absolute atomic E-state index is 0.667. The number of fused-ring (bicyclic) bond motifs is 3. The van der Waals surface area contributed by atoms with E-state index in [1.807, 2.05) is 54.7 Å². The molecule has 20 heavy (non-hydrogen) atoms. The van der Waals surface area contributed by atoms with Crippen LogP contribution in [-0.2, 0) is 0 Å². The summed E-state index contributed by atoms with van der Waals surface area (Å²) in [5, 5.41) is 15.7. The predicted octanol–water partition coefficient (Wildman–Crippen LogP) is 3.60. The molecule has 5 heteroatoms. The van der Waals surface area contributed by atoms with E-state index < -0.39 is 0 Å². The Morgan fingerprint density at radius 2 is 1.85 bits per heavy atom. The smallest absolute Gasteiger partial charge is 0.186 e. The van der Waals surface area contributed by atoms with Crippen LogP contribution in [0.25, 0.3) is 27.8 Å². The van der Waals surface area contributed by atoms with Gasteiger partial charge in [-0.15, -0.1) is 10.2 Å². The van der Waals surface area contributed by atoms with Gasteiger partial charge >= 0.3 is 0 Å². The average molecular weight is 281 g/mol. The van der Waals surface area contributed by atoms with E-state index in [4.69, 9.17) is 11.6 Å². The Labute approximate surface area is 119 Å². The minimum Gasteiger partial charge on any atom is -0.192 e. The van der Waals surface area contributed by atoms with E-state index in [1.165, 1.54) is 0 Å². The third kappa shape index (κ3) is 1.66. The second-order valence-corrected chi connectivity index (χ2v) is 4.94. The van der Waals surface area contributed by atoms with Gasteiger partial charge in [0.05, 0.1) is 6.20 Å². The molecular formula is C15H9ClN4. The lowest BCUT2D eigenvalue weighted by Gasteiger charge is -2.01. The van der Waals surface area contributed by atoms with Crippen LogP contribution in [0.1, 0.15) is 0 Å². The van der Waals surface area contributed by atoms with Crippen LogP contribution in [0.5, 0.6) is 0 Å². The Kier molecular flexibility index (Phi) is 2.44. The summed E-state index contributed by atoms with van der Waals surface area (Å²) in [6.45, 7) is 0. The van der Waals surface area contributed by atoms with Gasteiger partial charge < -0.3 is 0 Å². The molecule has 0 fully saturated rings. The van der Waals surface area contributed by atoms with Gasteiger partial charge in [0, 0.05) is 21.4 Å². The van der Waals surface area contributed by atoms with E-state index in [-0.39, 0.29) is 0 Å². The molecule has 96 valence electrons. The van der Waals surface area contributed by atoms with Crippen LogP contribution in [-0.4, -0.2) is 19.8 Å². The first kappa shape index (κ1) is 11.4. The molecule has 0 N–H and O–H groups in total. The van der Waals surface area contributed by atoms with Gasteiger partial charge in [-0.25, -0.2) is 0 Å². The maximum Gasteiger partial charge on any atom is 0.186 e. The molecule has 0 saturated heterocycles. The van der Waals surface area contributed by atoms with Crippen molar-refractivity contribution < 1.29 is 0 Å². The van der Waals surface area contributed by atoms with E-state index in [0.29, 0.717) is 10.8 Å². The molecule has 0 aliphatic carbocycles. The number of hydrogen-bond acceptors (Lipinski definition) is 3. The highest BCUT2D eigenvalue weighted by atomic mass is 35.5. The van der Waals surface area contributed by atoms with Crippen molar-refractivity contribution >= 4 is 28.0 Å². The molecule has 0 atom stereocenters. The lowest BCUT2D eigenvalue weighted by molar-refractivity contribution is 0.946. The molecule has 2 aromatic heterocycles. The summed E-state index contributed by atoms with van der Waals surface area (Å²) >= 11 is 6.03. The van der Waals surface area contributed by atoms with Crippen molar-refractivity contribution in [3.63, 3.8) is 0 Å². The third-order valence-electron chi connectivity index (χ3n) is 3.24. The highest BCUT2D eigenvalue weighted by Gasteiger charge is 2.11. The molecular weight excluding hydrogens is 272 g/mol. The zero-order valence-corrected chi connectivity index (χ0v) is 11.1. The van der Waals surface area contributed by atoms with Gasteiger partial charge in [0.15, 0.2) is 11.5 Å². The summed E-state index contributed by atoms with van der Waals surface area (Å²) < 4.78 is 1.74. The van der Waals surface area contributed by atoms with Gasteiger partial charge in [0.25, 0.3) is 0 Å². The highest BCUT2D eigenvalue weighted by molar-refractivity contribution is 6.30. The molecule has 0 saturated carbocycles. The Hall–Kier alpha value is -2.46. The highest BCUT2D eigenvalue weighted by Crippen LogP contribution is 2.24. The molecule has 0 spiro atoms. The Morgan fingerprint density at radius 3 is 2.75 bits per heavy atom. The van der Waals surface area contributed by atoms with Crippen LogP contribution in [0.3, 0.4) is 0 Å². The van der Waals surface area contributed by atoms with Crippen molar-refractivity contribution in [2.24, 2.45) is 0 Å². The van der Waals surface area contributed by atoms with Crippen molar-refractivity contribution in [3.05, 3.63) is 59.8 Å². The second kappa shape index (κ2) is 4.28. The first-order valence-electron chi connectivity index (χ1n) is 6.18. The molecule has 0 aliphatic rings. The number of aromatic nitrogens is 4. The maximum atomic E-state index is 6.03. The molecule has 0 amide bonds. The summed E-state index contributed by atoms with van der Waals surface area (Å²) in [6.07, 6.45) is 1.82. The summed E-state index contributed by atoms with van der Waals surface area (Å²) in [5.74, 6) is 0.688. The fraction of sp³-hybridized carbons (Fsp3) is 0. The quantitative estimate of drug-likeness (QED) is 0.535. The van der Waals surface area contributed by atoms with E-state index in [0.717, 1.165) is 22.0 Å². The van der Waals surface area contributed by atoms with Crippen molar-refractivity contribution in [2.75, 3.05) is 0 Å². The summed E-state index contributed by atoms with van der Waals surface area (Å²) in [5.41, 5.74) is 1.64. The first-order chi connectivity index (χ1) is 9.83. The van der Waals surface area contributed by atoms with Crippen LogP contribution in [0.2, 0.25) is 5.02 Å². The molecule has 4 rings (SSSR count). The van der Waals surface area contributed by atoms with E-state index in [9.17, 15) is 0 Å². The van der Waals surface area contributed by atoms with Crippen LogP contribution in [0.15, 0.2) is 54.7 Å². The Bertz CT molecular complexity index is 929. The zero-order chi connectivity index (χ0) is 13.5. The normalized spacial score (nSPS) is 11.2. The Morgan fingerprint density at radius 1 is 0.950 bits per heavy atom. The van der Waals surface area contributed by atoms with Gasteiger partial charge in [0.2, 0.25) is 0 Å². The summed E-state index contributed by atoms with van der Waals surface area (Å²) in [4.78, 5) is 0. The summed E-state index contributed by atoms with van der Waals surface area (Å²) in [7, 11) is 0.